The molecule has 2 saturated heterocycles. The predicted molar refractivity (Wildman–Crippen MR) is 83.0 cm³/mol. The summed E-state index contributed by atoms with van der Waals surface area (Å²) in [7, 11) is 1.48. The van der Waals surface area contributed by atoms with Gasteiger partial charge in [0.25, 0.3) is 5.91 Å². The molecule has 0 radical (unpaired) electrons. The monoisotopic (exact) mass is 318 g/mol. The van der Waals surface area contributed by atoms with Gasteiger partial charge in [-0.3, -0.25) is 9.59 Å². The van der Waals surface area contributed by atoms with Crippen LogP contribution in [0.25, 0.3) is 0 Å². The normalized spacial score (nSPS) is 21.3. The Kier molecular flexibility index (Phi) is 4.73. The average Bonchev–Trinajstić information content (AvgIpc) is 3.15. The van der Waals surface area contributed by atoms with Gasteiger partial charge in [-0.25, -0.2) is 9.97 Å². The number of ether oxygens (including phenoxy) is 1. The molecule has 124 valence electrons. The molecule has 2 aliphatic heterocycles. The summed E-state index contributed by atoms with van der Waals surface area (Å²) in [5.41, 5.74) is 0.431. The molecule has 0 bridgehead atoms. The molecule has 2 fully saturated rings. The van der Waals surface area contributed by atoms with E-state index in [1.165, 1.54) is 19.5 Å². The Morgan fingerprint density at radius 2 is 1.74 bits per heavy atom. The van der Waals surface area contributed by atoms with E-state index in [2.05, 4.69) is 9.97 Å². The van der Waals surface area contributed by atoms with Crippen molar-refractivity contribution in [1.29, 1.82) is 0 Å². The number of piperidine rings is 1. The minimum atomic E-state index is -0.119. The fourth-order valence-electron chi connectivity index (χ4n) is 3.27. The van der Waals surface area contributed by atoms with E-state index < -0.39 is 0 Å². The van der Waals surface area contributed by atoms with E-state index in [0.717, 1.165) is 38.8 Å². The topological polar surface area (TPSA) is 75.6 Å². The lowest BCUT2D eigenvalue weighted by Gasteiger charge is -2.33. The number of amides is 2. The molecule has 7 nitrogen and oxygen atoms in total. The lowest BCUT2D eigenvalue weighted by Crippen LogP contribution is -2.46. The molecule has 23 heavy (non-hydrogen) atoms. The van der Waals surface area contributed by atoms with Crippen LogP contribution in [-0.4, -0.2) is 64.9 Å². The molecule has 0 spiro atoms. The van der Waals surface area contributed by atoms with Gasteiger partial charge in [0, 0.05) is 38.6 Å². The molecule has 0 aliphatic carbocycles. The number of methoxy groups -OCH3 is 1. The molecular weight excluding hydrogens is 296 g/mol. The Morgan fingerprint density at radius 3 is 2.39 bits per heavy atom. The van der Waals surface area contributed by atoms with Gasteiger partial charge in [-0.05, 0) is 25.7 Å². The van der Waals surface area contributed by atoms with E-state index in [4.69, 9.17) is 4.74 Å². The van der Waals surface area contributed by atoms with E-state index in [9.17, 15) is 9.59 Å². The quantitative estimate of drug-likeness (QED) is 0.830. The van der Waals surface area contributed by atoms with Gasteiger partial charge >= 0.3 is 6.01 Å². The minimum absolute atomic E-state index is 0.0787. The highest BCUT2D eigenvalue weighted by molar-refractivity contribution is 5.94. The Morgan fingerprint density at radius 1 is 1.09 bits per heavy atom. The second kappa shape index (κ2) is 6.93. The summed E-state index contributed by atoms with van der Waals surface area (Å²) in [5, 5.41) is 0. The molecule has 1 aromatic heterocycles. The van der Waals surface area contributed by atoms with E-state index in [0.29, 0.717) is 18.7 Å². The van der Waals surface area contributed by atoms with Crippen molar-refractivity contribution in [2.75, 3.05) is 33.3 Å². The molecule has 0 aromatic carbocycles. The molecule has 0 N–H and O–H groups in total. The number of likely N-dealkylation sites (tertiary alicyclic amines) is 2. The van der Waals surface area contributed by atoms with Crippen molar-refractivity contribution in [3.63, 3.8) is 0 Å². The first-order chi connectivity index (χ1) is 11.2. The number of carbonyl (C=O) groups excluding carboxylic acids is 2. The van der Waals surface area contributed by atoms with Gasteiger partial charge < -0.3 is 14.5 Å². The molecule has 2 amide bonds. The summed E-state index contributed by atoms with van der Waals surface area (Å²) in [6.07, 6.45) is 6.83. The van der Waals surface area contributed by atoms with Crippen LogP contribution in [0.15, 0.2) is 12.4 Å². The maximum Gasteiger partial charge on any atom is 0.316 e. The first-order valence-electron chi connectivity index (χ1n) is 8.13. The third-order valence-electron chi connectivity index (χ3n) is 4.53. The Balaban J connectivity index is 1.64. The molecule has 1 atom stereocenters. The Hall–Kier alpha value is -2.18. The summed E-state index contributed by atoms with van der Waals surface area (Å²) in [5.74, 6) is 0.00234. The van der Waals surface area contributed by atoms with Gasteiger partial charge in [0.2, 0.25) is 5.91 Å². The fraction of sp³-hybridized carbons (Fsp3) is 0.625. The van der Waals surface area contributed by atoms with E-state index in [1.807, 2.05) is 4.90 Å². The molecule has 2 aliphatic rings. The highest BCUT2D eigenvalue weighted by atomic mass is 16.5. The van der Waals surface area contributed by atoms with Crippen LogP contribution in [0.5, 0.6) is 6.01 Å². The van der Waals surface area contributed by atoms with Crippen molar-refractivity contribution in [2.24, 2.45) is 5.92 Å². The summed E-state index contributed by atoms with van der Waals surface area (Å²) in [6, 6.07) is 0.238. The number of aromatic nitrogens is 2. The second-order valence-electron chi connectivity index (χ2n) is 6.08. The van der Waals surface area contributed by atoms with Crippen molar-refractivity contribution in [2.45, 2.75) is 25.7 Å². The van der Waals surface area contributed by atoms with Gasteiger partial charge in [0.15, 0.2) is 0 Å². The summed E-state index contributed by atoms with van der Waals surface area (Å²) in [4.78, 5) is 36.7. The van der Waals surface area contributed by atoms with Crippen LogP contribution in [0.2, 0.25) is 0 Å². The SMILES string of the molecule is COc1ncc(C(=O)N2CCCC(C(=O)N3CCCC3)C2)cn1. The third kappa shape index (κ3) is 3.43. The maximum absolute atomic E-state index is 12.6. The van der Waals surface area contributed by atoms with Crippen molar-refractivity contribution in [3.05, 3.63) is 18.0 Å². The number of nitrogens with zero attached hydrogens (tertiary/aromatic N) is 4. The molecular formula is C16H22N4O3. The highest BCUT2D eigenvalue weighted by Gasteiger charge is 2.32. The summed E-state index contributed by atoms with van der Waals surface area (Å²) < 4.78 is 4.90. The molecule has 0 saturated carbocycles. The molecule has 3 heterocycles. The highest BCUT2D eigenvalue weighted by Crippen LogP contribution is 2.22. The van der Waals surface area contributed by atoms with Crippen molar-refractivity contribution in [3.8, 4) is 6.01 Å². The first kappa shape index (κ1) is 15.7. The summed E-state index contributed by atoms with van der Waals surface area (Å²) >= 11 is 0. The average molecular weight is 318 g/mol. The van der Waals surface area contributed by atoms with E-state index in [-0.39, 0.29) is 23.7 Å². The van der Waals surface area contributed by atoms with Gasteiger partial charge in [0.05, 0.1) is 18.6 Å². The maximum atomic E-state index is 12.6. The van der Waals surface area contributed by atoms with Crippen molar-refractivity contribution < 1.29 is 14.3 Å². The van der Waals surface area contributed by atoms with Gasteiger partial charge in [-0.15, -0.1) is 0 Å². The van der Waals surface area contributed by atoms with Gasteiger partial charge in [-0.1, -0.05) is 0 Å². The van der Waals surface area contributed by atoms with Crippen molar-refractivity contribution in [1.82, 2.24) is 19.8 Å². The van der Waals surface area contributed by atoms with Crippen LogP contribution < -0.4 is 4.74 Å². The molecule has 7 heteroatoms. The van der Waals surface area contributed by atoms with Crippen LogP contribution in [0, 0.1) is 5.92 Å². The third-order valence-corrected chi connectivity index (χ3v) is 4.53. The zero-order valence-electron chi connectivity index (χ0n) is 13.4. The molecule has 1 unspecified atom stereocenters. The standard InChI is InChI=1S/C16H22N4O3/c1-23-16-17-9-13(10-18-16)15(22)20-8-4-5-12(11-20)14(21)19-6-2-3-7-19/h9-10,12H,2-8,11H2,1H3. The summed E-state index contributed by atoms with van der Waals surface area (Å²) in [6.45, 7) is 2.88. The molecule has 3 rings (SSSR count). The van der Waals surface area contributed by atoms with Gasteiger partial charge in [0.1, 0.15) is 0 Å². The Bertz CT molecular complexity index is 569. The first-order valence-corrected chi connectivity index (χ1v) is 8.13. The predicted octanol–water partition coefficient (Wildman–Crippen LogP) is 0.960. The van der Waals surface area contributed by atoms with Gasteiger partial charge in [-0.2, -0.15) is 0 Å². The van der Waals surface area contributed by atoms with E-state index >= 15 is 0 Å². The molecule has 1 aromatic rings. The van der Waals surface area contributed by atoms with Crippen LogP contribution in [0.4, 0.5) is 0 Å². The number of hydrogen-bond acceptors (Lipinski definition) is 5. The van der Waals surface area contributed by atoms with Crippen LogP contribution in [0.1, 0.15) is 36.0 Å². The van der Waals surface area contributed by atoms with E-state index in [1.54, 1.807) is 4.90 Å². The lowest BCUT2D eigenvalue weighted by atomic mass is 9.96. The van der Waals surface area contributed by atoms with Crippen LogP contribution in [0.3, 0.4) is 0 Å². The minimum Gasteiger partial charge on any atom is -0.467 e. The fourth-order valence-corrected chi connectivity index (χ4v) is 3.27. The largest absolute Gasteiger partial charge is 0.467 e. The number of rotatable bonds is 3. The second-order valence-corrected chi connectivity index (χ2v) is 6.08. The van der Waals surface area contributed by atoms with Crippen LogP contribution >= 0.6 is 0 Å². The van der Waals surface area contributed by atoms with Crippen LogP contribution in [-0.2, 0) is 4.79 Å². The smallest absolute Gasteiger partial charge is 0.316 e. The Labute approximate surface area is 135 Å². The van der Waals surface area contributed by atoms with Crippen molar-refractivity contribution >= 4 is 11.8 Å². The number of carbonyl (C=O) groups is 2. The lowest BCUT2D eigenvalue weighted by molar-refractivity contribution is -0.135. The zero-order chi connectivity index (χ0) is 16.2. The number of hydrogen-bond donors (Lipinski definition) is 0. The zero-order valence-corrected chi connectivity index (χ0v) is 13.4.